The number of halogens is 1. The van der Waals surface area contributed by atoms with Crippen molar-refractivity contribution in [1.29, 1.82) is 0 Å². The molecular formula is C14H21ClN2O2. The van der Waals surface area contributed by atoms with Crippen LogP contribution in [0.4, 0.5) is 0 Å². The lowest BCUT2D eigenvalue weighted by molar-refractivity contribution is -0.126. The lowest BCUT2D eigenvalue weighted by atomic mass is 9.88. The van der Waals surface area contributed by atoms with Crippen LogP contribution in [-0.2, 0) is 17.9 Å². The summed E-state index contributed by atoms with van der Waals surface area (Å²) >= 11 is 0. The van der Waals surface area contributed by atoms with Gasteiger partial charge in [0.1, 0.15) is 0 Å². The van der Waals surface area contributed by atoms with Gasteiger partial charge in [0.2, 0.25) is 5.91 Å². The predicted molar refractivity (Wildman–Crippen MR) is 77.0 cm³/mol. The number of carbonyl (C=O) groups excluding carboxylic acids is 1. The van der Waals surface area contributed by atoms with E-state index >= 15 is 0 Å². The predicted octanol–water partition coefficient (Wildman–Crippen LogP) is 1.07. The third kappa shape index (κ3) is 4.20. The lowest BCUT2D eigenvalue weighted by Crippen LogP contribution is -2.49. The van der Waals surface area contributed by atoms with Crippen molar-refractivity contribution in [3.05, 3.63) is 35.4 Å². The van der Waals surface area contributed by atoms with Crippen molar-refractivity contribution in [3.8, 4) is 0 Å². The fourth-order valence-corrected chi connectivity index (χ4v) is 2.07. The highest BCUT2D eigenvalue weighted by Crippen LogP contribution is 2.16. The number of hydrogen-bond donors (Lipinski definition) is 3. The van der Waals surface area contributed by atoms with Crippen LogP contribution in [-0.4, -0.2) is 24.1 Å². The van der Waals surface area contributed by atoms with Gasteiger partial charge in [-0.15, -0.1) is 12.4 Å². The van der Waals surface area contributed by atoms with Crippen LogP contribution in [0.3, 0.4) is 0 Å². The summed E-state index contributed by atoms with van der Waals surface area (Å²) in [4.78, 5) is 11.9. The minimum absolute atomic E-state index is 0. The van der Waals surface area contributed by atoms with E-state index in [-0.39, 0.29) is 30.8 Å². The number of benzene rings is 1. The Labute approximate surface area is 120 Å². The van der Waals surface area contributed by atoms with Gasteiger partial charge < -0.3 is 15.7 Å². The van der Waals surface area contributed by atoms with Gasteiger partial charge in [-0.3, -0.25) is 4.79 Å². The van der Waals surface area contributed by atoms with E-state index in [2.05, 4.69) is 10.6 Å². The molecular weight excluding hydrogens is 264 g/mol. The molecule has 1 aliphatic heterocycles. The van der Waals surface area contributed by atoms with Gasteiger partial charge >= 0.3 is 0 Å². The Balaban J connectivity index is 0.00000180. The first-order chi connectivity index (χ1) is 8.70. The van der Waals surface area contributed by atoms with Crippen LogP contribution in [0.25, 0.3) is 0 Å². The maximum Gasteiger partial charge on any atom is 0.223 e. The zero-order chi connectivity index (χ0) is 13.0. The zero-order valence-corrected chi connectivity index (χ0v) is 11.9. The van der Waals surface area contributed by atoms with Crippen LogP contribution >= 0.6 is 12.4 Å². The summed E-state index contributed by atoms with van der Waals surface area (Å²) in [5.41, 5.74) is 1.90. The van der Waals surface area contributed by atoms with Crippen LogP contribution in [0.1, 0.15) is 18.1 Å². The molecule has 19 heavy (non-hydrogen) atoms. The minimum atomic E-state index is 0. The Kier molecular flexibility index (Phi) is 6.28. The molecule has 4 nitrogen and oxygen atoms in total. The summed E-state index contributed by atoms with van der Waals surface area (Å²) in [7, 11) is 0. The molecule has 0 spiro atoms. The average Bonchev–Trinajstić information content (AvgIpc) is 2.34. The second-order valence-electron chi connectivity index (χ2n) is 4.90. The van der Waals surface area contributed by atoms with Crippen molar-refractivity contribution in [2.75, 3.05) is 13.1 Å². The number of rotatable bonds is 5. The second-order valence-corrected chi connectivity index (χ2v) is 4.90. The van der Waals surface area contributed by atoms with Gasteiger partial charge in [0, 0.05) is 12.5 Å². The molecule has 1 aromatic carbocycles. The van der Waals surface area contributed by atoms with E-state index in [9.17, 15) is 4.79 Å². The molecule has 1 amide bonds. The van der Waals surface area contributed by atoms with Crippen molar-refractivity contribution in [3.63, 3.8) is 0 Å². The van der Waals surface area contributed by atoms with E-state index in [0.29, 0.717) is 12.5 Å². The van der Waals surface area contributed by atoms with Gasteiger partial charge in [0.05, 0.1) is 6.61 Å². The van der Waals surface area contributed by atoms with Gasteiger partial charge in [0.15, 0.2) is 0 Å². The average molecular weight is 285 g/mol. The van der Waals surface area contributed by atoms with Crippen molar-refractivity contribution < 1.29 is 9.90 Å². The molecule has 0 bridgehead atoms. The molecule has 2 rings (SSSR count). The minimum Gasteiger partial charge on any atom is -0.392 e. The zero-order valence-electron chi connectivity index (χ0n) is 11.1. The van der Waals surface area contributed by atoms with E-state index in [1.807, 2.05) is 31.2 Å². The molecule has 1 unspecified atom stereocenters. The van der Waals surface area contributed by atoms with Crippen molar-refractivity contribution in [2.45, 2.75) is 20.1 Å². The fourth-order valence-electron chi connectivity index (χ4n) is 2.07. The maximum absolute atomic E-state index is 11.9. The number of amides is 1. The molecule has 5 heteroatoms. The molecule has 1 saturated heterocycles. The van der Waals surface area contributed by atoms with Crippen molar-refractivity contribution in [1.82, 2.24) is 10.6 Å². The molecule has 0 aromatic heterocycles. The topological polar surface area (TPSA) is 61.4 Å². The van der Waals surface area contributed by atoms with Gasteiger partial charge in [0.25, 0.3) is 0 Å². The Morgan fingerprint density at radius 1 is 1.47 bits per heavy atom. The molecule has 1 atom stereocenters. The van der Waals surface area contributed by atoms with Crippen LogP contribution in [0.15, 0.2) is 24.3 Å². The number of hydrogen-bond acceptors (Lipinski definition) is 3. The molecule has 1 heterocycles. The standard InChI is InChI=1S/C14H20N2O2.ClH/c1-10(13-7-15-8-13)14(18)16-6-11-3-2-4-12(5-11)9-17;/h2-5,10,13,15,17H,6-9H2,1H3,(H,16,18);1H. The second kappa shape index (κ2) is 7.48. The Hall–Kier alpha value is -1.10. The molecule has 1 aromatic rings. The van der Waals surface area contributed by atoms with E-state index < -0.39 is 0 Å². The highest BCUT2D eigenvalue weighted by atomic mass is 35.5. The highest BCUT2D eigenvalue weighted by Gasteiger charge is 2.28. The van der Waals surface area contributed by atoms with E-state index in [1.54, 1.807) is 0 Å². The first-order valence-corrected chi connectivity index (χ1v) is 6.38. The van der Waals surface area contributed by atoms with Gasteiger partial charge in [-0.2, -0.15) is 0 Å². The molecule has 1 aliphatic rings. The van der Waals surface area contributed by atoms with Crippen molar-refractivity contribution >= 4 is 18.3 Å². The van der Waals surface area contributed by atoms with E-state index in [0.717, 1.165) is 24.2 Å². The van der Waals surface area contributed by atoms with Crippen molar-refractivity contribution in [2.24, 2.45) is 11.8 Å². The SMILES string of the molecule is CC(C(=O)NCc1cccc(CO)c1)C1CNC1.Cl. The first-order valence-electron chi connectivity index (χ1n) is 6.38. The number of carbonyl (C=O) groups is 1. The normalized spacial score (nSPS) is 16.1. The molecule has 106 valence electrons. The number of aliphatic hydroxyl groups excluding tert-OH is 1. The summed E-state index contributed by atoms with van der Waals surface area (Å²) in [5.74, 6) is 0.636. The highest BCUT2D eigenvalue weighted by molar-refractivity contribution is 5.85. The molecule has 3 N–H and O–H groups in total. The number of nitrogens with one attached hydrogen (secondary N) is 2. The Morgan fingerprint density at radius 3 is 2.74 bits per heavy atom. The van der Waals surface area contributed by atoms with E-state index in [1.165, 1.54) is 0 Å². The van der Waals surface area contributed by atoms with E-state index in [4.69, 9.17) is 5.11 Å². The molecule has 0 saturated carbocycles. The third-order valence-electron chi connectivity index (χ3n) is 3.57. The summed E-state index contributed by atoms with van der Waals surface area (Å²) in [6, 6.07) is 7.63. The van der Waals surface area contributed by atoms with Gasteiger partial charge in [-0.1, -0.05) is 31.2 Å². The summed E-state index contributed by atoms with van der Waals surface area (Å²) in [5, 5.41) is 15.2. The number of aliphatic hydroxyl groups is 1. The van der Waals surface area contributed by atoms with Crippen LogP contribution in [0.5, 0.6) is 0 Å². The van der Waals surface area contributed by atoms with Gasteiger partial charge in [-0.05, 0) is 30.1 Å². The summed E-state index contributed by atoms with van der Waals surface area (Å²) in [6.07, 6.45) is 0. The summed E-state index contributed by atoms with van der Waals surface area (Å²) < 4.78 is 0. The molecule has 0 aliphatic carbocycles. The smallest absolute Gasteiger partial charge is 0.223 e. The Morgan fingerprint density at radius 2 is 2.16 bits per heavy atom. The maximum atomic E-state index is 11.9. The third-order valence-corrected chi connectivity index (χ3v) is 3.57. The fraction of sp³-hybridized carbons (Fsp3) is 0.500. The molecule has 0 radical (unpaired) electrons. The van der Waals surface area contributed by atoms with Gasteiger partial charge in [-0.25, -0.2) is 0 Å². The monoisotopic (exact) mass is 284 g/mol. The van der Waals surface area contributed by atoms with Crippen LogP contribution < -0.4 is 10.6 Å². The lowest BCUT2D eigenvalue weighted by Gasteiger charge is -2.31. The molecule has 1 fully saturated rings. The largest absolute Gasteiger partial charge is 0.392 e. The summed E-state index contributed by atoms with van der Waals surface area (Å²) in [6.45, 7) is 4.41. The quantitative estimate of drug-likeness (QED) is 0.758. The Bertz CT molecular complexity index is 422. The first kappa shape index (κ1) is 16.0. The van der Waals surface area contributed by atoms with Crippen LogP contribution in [0.2, 0.25) is 0 Å². The van der Waals surface area contributed by atoms with Crippen LogP contribution in [0, 0.1) is 11.8 Å².